The minimum Gasteiger partial charge on any atom is -0.495 e. The smallest absolute Gasteiger partial charge is 0.410 e. The van der Waals surface area contributed by atoms with Crippen LogP contribution in [0, 0.1) is 5.92 Å². The molecule has 0 aliphatic carbocycles. The number of carbonyl (C=O) groups excluding carboxylic acids is 1. The Kier molecular flexibility index (Phi) is 5.80. The van der Waals surface area contributed by atoms with Gasteiger partial charge in [-0.2, -0.15) is 0 Å². The van der Waals surface area contributed by atoms with Crippen molar-refractivity contribution in [3.05, 3.63) is 18.2 Å². The van der Waals surface area contributed by atoms with Crippen LogP contribution in [0.2, 0.25) is 0 Å². The molecule has 6 nitrogen and oxygen atoms in total. The third-order valence-corrected chi connectivity index (χ3v) is 3.95. The molecule has 1 aliphatic rings. The summed E-state index contributed by atoms with van der Waals surface area (Å²) in [6.07, 6.45) is 1.58. The maximum atomic E-state index is 12.0. The highest BCUT2D eigenvalue weighted by molar-refractivity contribution is 5.68. The zero-order valence-corrected chi connectivity index (χ0v) is 15.0. The third kappa shape index (κ3) is 5.22. The molecule has 1 aromatic rings. The van der Waals surface area contributed by atoms with Gasteiger partial charge in [-0.15, -0.1) is 0 Å². The van der Waals surface area contributed by atoms with Gasteiger partial charge in [0.15, 0.2) is 0 Å². The van der Waals surface area contributed by atoms with Gasteiger partial charge >= 0.3 is 6.09 Å². The molecule has 0 bridgehead atoms. The van der Waals surface area contributed by atoms with Gasteiger partial charge in [0.1, 0.15) is 17.1 Å². The van der Waals surface area contributed by atoms with Crippen LogP contribution in [0.15, 0.2) is 18.2 Å². The van der Waals surface area contributed by atoms with Crippen LogP contribution in [0.3, 0.4) is 0 Å². The Balaban J connectivity index is 1.77. The fourth-order valence-corrected chi connectivity index (χ4v) is 2.62. The molecule has 1 amide bonds. The first-order valence-electron chi connectivity index (χ1n) is 8.33. The first-order valence-corrected chi connectivity index (χ1v) is 8.33. The van der Waals surface area contributed by atoms with E-state index in [4.69, 9.17) is 19.9 Å². The molecule has 1 saturated heterocycles. The van der Waals surface area contributed by atoms with Crippen molar-refractivity contribution in [3.63, 3.8) is 0 Å². The SMILES string of the molecule is COc1ccc(OCC2CCN(C(=O)OC(C)(C)C)CC2)cc1N. The van der Waals surface area contributed by atoms with E-state index < -0.39 is 5.60 Å². The molecule has 1 aliphatic heterocycles. The summed E-state index contributed by atoms with van der Waals surface area (Å²) < 4.78 is 16.4. The maximum absolute atomic E-state index is 12.0. The van der Waals surface area contributed by atoms with Crippen LogP contribution in [0.5, 0.6) is 11.5 Å². The summed E-state index contributed by atoms with van der Waals surface area (Å²) in [7, 11) is 1.59. The molecule has 1 fully saturated rings. The van der Waals surface area contributed by atoms with Gasteiger partial charge < -0.3 is 24.8 Å². The molecule has 0 radical (unpaired) electrons. The molecular formula is C18H28N2O4. The van der Waals surface area contributed by atoms with Crippen LogP contribution >= 0.6 is 0 Å². The topological polar surface area (TPSA) is 74.0 Å². The summed E-state index contributed by atoms with van der Waals surface area (Å²) in [6, 6.07) is 5.43. The molecule has 134 valence electrons. The van der Waals surface area contributed by atoms with Gasteiger partial charge in [0, 0.05) is 19.2 Å². The molecule has 0 spiro atoms. The Labute approximate surface area is 143 Å². The number of benzene rings is 1. The van der Waals surface area contributed by atoms with E-state index in [1.165, 1.54) is 0 Å². The van der Waals surface area contributed by atoms with E-state index >= 15 is 0 Å². The van der Waals surface area contributed by atoms with Gasteiger partial charge in [0.05, 0.1) is 19.4 Å². The molecule has 1 aromatic carbocycles. The largest absolute Gasteiger partial charge is 0.495 e. The molecule has 24 heavy (non-hydrogen) atoms. The second-order valence-electron chi connectivity index (χ2n) is 7.13. The average Bonchev–Trinajstić information content (AvgIpc) is 2.52. The highest BCUT2D eigenvalue weighted by atomic mass is 16.6. The highest BCUT2D eigenvalue weighted by Gasteiger charge is 2.27. The van der Waals surface area contributed by atoms with Gasteiger partial charge in [-0.05, 0) is 51.7 Å². The van der Waals surface area contributed by atoms with E-state index in [2.05, 4.69) is 0 Å². The molecule has 0 aromatic heterocycles. The fourth-order valence-electron chi connectivity index (χ4n) is 2.62. The zero-order chi connectivity index (χ0) is 17.7. The minimum atomic E-state index is -0.453. The van der Waals surface area contributed by atoms with Crippen LogP contribution in [-0.4, -0.2) is 43.4 Å². The van der Waals surface area contributed by atoms with E-state index in [9.17, 15) is 4.79 Å². The predicted molar refractivity (Wildman–Crippen MR) is 93.4 cm³/mol. The number of rotatable bonds is 4. The number of amides is 1. The van der Waals surface area contributed by atoms with Gasteiger partial charge in [0.2, 0.25) is 0 Å². The van der Waals surface area contributed by atoms with Crippen molar-refractivity contribution >= 4 is 11.8 Å². The van der Waals surface area contributed by atoms with Crippen molar-refractivity contribution in [2.45, 2.75) is 39.2 Å². The summed E-state index contributed by atoms with van der Waals surface area (Å²) in [4.78, 5) is 13.8. The molecule has 0 unspecified atom stereocenters. The van der Waals surface area contributed by atoms with E-state index in [-0.39, 0.29) is 6.09 Å². The molecule has 1 heterocycles. The van der Waals surface area contributed by atoms with Crippen molar-refractivity contribution < 1.29 is 19.0 Å². The lowest BCUT2D eigenvalue weighted by Crippen LogP contribution is -2.42. The Morgan fingerprint density at radius 3 is 2.50 bits per heavy atom. The number of hydrogen-bond donors (Lipinski definition) is 1. The molecule has 6 heteroatoms. The summed E-state index contributed by atoms with van der Waals surface area (Å²) in [6.45, 7) is 7.67. The van der Waals surface area contributed by atoms with Gasteiger partial charge in [-0.1, -0.05) is 0 Å². The van der Waals surface area contributed by atoms with E-state index in [1.54, 1.807) is 24.1 Å². The Morgan fingerprint density at radius 2 is 1.96 bits per heavy atom. The first-order chi connectivity index (χ1) is 11.3. The van der Waals surface area contributed by atoms with E-state index in [0.29, 0.717) is 37.1 Å². The summed E-state index contributed by atoms with van der Waals surface area (Å²) in [5, 5.41) is 0. The zero-order valence-electron chi connectivity index (χ0n) is 15.0. The second kappa shape index (κ2) is 7.64. The Bertz CT molecular complexity index is 561. The second-order valence-corrected chi connectivity index (χ2v) is 7.13. The number of nitrogens with zero attached hydrogens (tertiary/aromatic N) is 1. The lowest BCUT2D eigenvalue weighted by atomic mass is 9.98. The standard InChI is InChI=1S/C18H28N2O4/c1-18(2,3)24-17(21)20-9-7-13(8-10-20)12-23-14-5-6-16(22-4)15(19)11-14/h5-6,11,13H,7-10,12,19H2,1-4H3. The molecule has 2 N–H and O–H groups in total. The Morgan fingerprint density at radius 1 is 1.29 bits per heavy atom. The number of likely N-dealkylation sites (tertiary alicyclic amines) is 1. The minimum absolute atomic E-state index is 0.232. The molecule has 0 atom stereocenters. The quantitative estimate of drug-likeness (QED) is 0.854. The summed E-state index contributed by atoms with van der Waals surface area (Å²) in [5.41, 5.74) is 5.99. The van der Waals surface area contributed by atoms with Crippen LogP contribution in [0.25, 0.3) is 0 Å². The van der Waals surface area contributed by atoms with Gasteiger partial charge in [-0.3, -0.25) is 0 Å². The normalized spacial score (nSPS) is 15.9. The number of nitrogen functional groups attached to an aromatic ring is 1. The van der Waals surface area contributed by atoms with E-state index in [0.717, 1.165) is 18.6 Å². The Hall–Kier alpha value is -2.11. The average molecular weight is 336 g/mol. The summed E-state index contributed by atoms with van der Waals surface area (Å²) in [5.74, 6) is 1.81. The lowest BCUT2D eigenvalue weighted by molar-refractivity contribution is 0.0165. The number of ether oxygens (including phenoxy) is 3. The monoisotopic (exact) mass is 336 g/mol. The highest BCUT2D eigenvalue weighted by Crippen LogP contribution is 2.27. The predicted octanol–water partition coefficient (Wildman–Crippen LogP) is 3.30. The van der Waals surface area contributed by atoms with E-state index in [1.807, 2.05) is 26.8 Å². The number of piperidine rings is 1. The van der Waals surface area contributed by atoms with Crippen LogP contribution in [0.4, 0.5) is 10.5 Å². The number of hydrogen-bond acceptors (Lipinski definition) is 5. The van der Waals surface area contributed by atoms with Gasteiger partial charge in [0.25, 0.3) is 0 Å². The number of carbonyl (C=O) groups is 1. The maximum Gasteiger partial charge on any atom is 0.410 e. The van der Waals surface area contributed by atoms with Crippen LogP contribution in [0.1, 0.15) is 33.6 Å². The van der Waals surface area contributed by atoms with Crippen molar-refractivity contribution in [2.75, 3.05) is 32.5 Å². The van der Waals surface area contributed by atoms with Gasteiger partial charge in [-0.25, -0.2) is 4.79 Å². The van der Waals surface area contributed by atoms with Crippen molar-refractivity contribution in [3.8, 4) is 11.5 Å². The van der Waals surface area contributed by atoms with Crippen molar-refractivity contribution in [1.82, 2.24) is 4.90 Å². The summed E-state index contributed by atoms with van der Waals surface area (Å²) >= 11 is 0. The molecule has 0 saturated carbocycles. The van der Waals surface area contributed by atoms with Crippen LogP contribution < -0.4 is 15.2 Å². The number of nitrogens with two attached hydrogens (primary N) is 1. The fraction of sp³-hybridized carbons (Fsp3) is 0.611. The lowest BCUT2D eigenvalue weighted by Gasteiger charge is -2.33. The number of anilines is 1. The molecular weight excluding hydrogens is 308 g/mol. The molecule has 2 rings (SSSR count). The first kappa shape index (κ1) is 18.2. The van der Waals surface area contributed by atoms with Crippen molar-refractivity contribution in [1.29, 1.82) is 0 Å². The van der Waals surface area contributed by atoms with Crippen LogP contribution in [-0.2, 0) is 4.74 Å². The third-order valence-electron chi connectivity index (χ3n) is 3.95. The number of methoxy groups -OCH3 is 1. The van der Waals surface area contributed by atoms with Crippen molar-refractivity contribution in [2.24, 2.45) is 5.92 Å².